The van der Waals surface area contributed by atoms with Crippen molar-refractivity contribution in [1.29, 1.82) is 0 Å². The molecule has 3 rings (SSSR count). The van der Waals surface area contributed by atoms with Crippen LogP contribution in [-0.2, 0) is 4.79 Å². The van der Waals surface area contributed by atoms with Crippen LogP contribution in [0.2, 0.25) is 10.0 Å². The van der Waals surface area contributed by atoms with Crippen molar-refractivity contribution in [2.45, 2.75) is 19.4 Å². The Morgan fingerprint density at radius 2 is 1.81 bits per heavy atom. The van der Waals surface area contributed by atoms with Crippen LogP contribution in [0.3, 0.4) is 0 Å². The minimum Gasteiger partial charge on any atom is -0.479 e. The van der Waals surface area contributed by atoms with Crippen LogP contribution in [-0.4, -0.2) is 43.1 Å². The van der Waals surface area contributed by atoms with Gasteiger partial charge in [-0.05, 0) is 36.8 Å². The lowest BCUT2D eigenvalue weighted by atomic mass is 10.2. The number of rotatable bonds is 5. The van der Waals surface area contributed by atoms with Gasteiger partial charge in [-0.3, -0.25) is 4.79 Å². The monoisotopic (exact) mass is 392 g/mol. The lowest BCUT2D eigenvalue weighted by molar-refractivity contribution is -0.139. The molecule has 1 aliphatic rings. The van der Waals surface area contributed by atoms with Crippen molar-refractivity contribution in [2.75, 3.05) is 31.1 Å². The summed E-state index contributed by atoms with van der Waals surface area (Å²) >= 11 is 12.2. The van der Waals surface area contributed by atoms with Crippen molar-refractivity contribution >= 4 is 34.8 Å². The molecule has 0 bridgehead atoms. The maximum Gasteiger partial charge on any atom is 0.263 e. The number of amides is 1. The van der Waals surface area contributed by atoms with Gasteiger partial charge in [0, 0.05) is 36.9 Å². The second kappa shape index (κ2) is 8.65. The van der Waals surface area contributed by atoms with E-state index in [9.17, 15) is 4.79 Å². The van der Waals surface area contributed by atoms with Gasteiger partial charge >= 0.3 is 0 Å². The van der Waals surface area contributed by atoms with Gasteiger partial charge in [-0.1, -0.05) is 48.3 Å². The summed E-state index contributed by atoms with van der Waals surface area (Å²) in [6.07, 6.45) is 0.0751. The molecule has 0 saturated carbocycles. The molecule has 1 aliphatic heterocycles. The Labute approximate surface area is 164 Å². The average Bonchev–Trinajstić information content (AvgIpc) is 2.67. The number of hydrogen-bond acceptors (Lipinski definition) is 3. The molecule has 2 aromatic carbocycles. The molecule has 1 heterocycles. The molecule has 4 nitrogen and oxygen atoms in total. The Morgan fingerprint density at radius 1 is 1.08 bits per heavy atom. The van der Waals surface area contributed by atoms with E-state index < -0.39 is 6.10 Å². The Morgan fingerprint density at radius 3 is 2.46 bits per heavy atom. The largest absolute Gasteiger partial charge is 0.479 e. The summed E-state index contributed by atoms with van der Waals surface area (Å²) in [7, 11) is 0. The summed E-state index contributed by atoms with van der Waals surface area (Å²) in [6.45, 7) is 4.81. The van der Waals surface area contributed by atoms with E-state index in [1.807, 2.05) is 48.2 Å². The zero-order chi connectivity index (χ0) is 18.5. The number of nitrogens with zero attached hydrogens (tertiary/aromatic N) is 2. The summed E-state index contributed by atoms with van der Waals surface area (Å²) in [6, 6.07) is 15.0. The van der Waals surface area contributed by atoms with E-state index in [0.717, 1.165) is 23.8 Å². The lowest BCUT2D eigenvalue weighted by Gasteiger charge is -2.37. The molecule has 0 N–H and O–H groups in total. The third kappa shape index (κ3) is 4.43. The number of piperazine rings is 1. The van der Waals surface area contributed by atoms with Crippen LogP contribution in [0.25, 0.3) is 0 Å². The molecule has 0 aromatic heterocycles. The molecule has 0 unspecified atom stereocenters. The summed E-state index contributed by atoms with van der Waals surface area (Å²) < 4.78 is 5.88. The standard InChI is InChI=1S/C20H22Cl2N2O2/c1-2-18(26-19-9-4-3-8-17(19)22)20(25)24-12-10-23(11-13-24)16-7-5-6-15(21)14-16/h3-9,14,18H,2,10-13H2,1H3/t18-/m1/s1. The maximum absolute atomic E-state index is 12.9. The zero-order valence-electron chi connectivity index (χ0n) is 14.7. The van der Waals surface area contributed by atoms with Crippen LogP contribution in [0.4, 0.5) is 5.69 Å². The van der Waals surface area contributed by atoms with Gasteiger partial charge in [0.2, 0.25) is 0 Å². The maximum atomic E-state index is 12.9. The Kier molecular flexibility index (Phi) is 6.28. The Hall–Kier alpha value is -1.91. The first kappa shape index (κ1) is 18.9. The predicted molar refractivity (Wildman–Crippen MR) is 106 cm³/mol. The smallest absolute Gasteiger partial charge is 0.263 e. The molecule has 0 radical (unpaired) electrons. The highest BCUT2D eigenvalue weighted by atomic mass is 35.5. The number of benzene rings is 2. The van der Waals surface area contributed by atoms with E-state index in [1.165, 1.54) is 0 Å². The number of hydrogen-bond donors (Lipinski definition) is 0. The number of anilines is 1. The fraction of sp³-hybridized carbons (Fsp3) is 0.350. The van der Waals surface area contributed by atoms with Gasteiger partial charge in [0.15, 0.2) is 6.10 Å². The number of carbonyl (C=O) groups excluding carboxylic acids is 1. The van der Waals surface area contributed by atoms with Gasteiger partial charge in [0.05, 0.1) is 5.02 Å². The van der Waals surface area contributed by atoms with Gasteiger partial charge in [-0.2, -0.15) is 0 Å². The van der Waals surface area contributed by atoms with Crippen LogP contribution in [0.5, 0.6) is 5.75 Å². The topological polar surface area (TPSA) is 32.8 Å². The minimum atomic E-state index is -0.521. The first-order valence-corrected chi connectivity index (χ1v) is 9.54. The van der Waals surface area contributed by atoms with Gasteiger partial charge in [-0.15, -0.1) is 0 Å². The van der Waals surface area contributed by atoms with E-state index in [1.54, 1.807) is 12.1 Å². The molecular formula is C20H22Cl2N2O2. The molecular weight excluding hydrogens is 371 g/mol. The number of para-hydroxylation sites is 1. The van der Waals surface area contributed by atoms with Crippen molar-refractivity contribution in [2.24, 2.45) is 0 Å². The van der Waals surface area contributed by atoms with Crippen LogP contribution < -0.4 is 9.64 Å². The molecule has 1 fully saturated rings. The van der Waals surface area contributed by atoms with Crippen LogP contribution >= 0.6 is 23.2 Å². The normalized spacial score (nSPS) is 15.7. The zero-order valence-corrected chi connectivity index (χ0v) is 16.2. The Bertz CT molecular complexity index is 761. The lowest BCUT2D eigenvalue weighted by Crippen LogP contribution is -2.52. The van der Waals surface area contributed by atoms with Crippen LogP contribution in [0.15, 0.2) is 48.5 Å². The van der Waals surface area contributed by atoms with Gasteiger partial charge in [-0.25, -0.2) is 0 Å². The van der Waals surface area contributed by atoms with Gasteiger partial charge in [0.25, 0.3) is 5.91 Å². The molecule has 1 saturated heterocycles. The van der Waals surface area contributed by atoms with Crippen LogP contribution in [0.1, 0.15) is 13.3 Å². The fourth-order valence-corrected chi connectivity index (χ4v) is 3.43. The SMILES string of the molecule is CC[C@@H](Oc1ccccc1Cl)C(=O)N1CCN(c2cccc(Cl)c2)CC1. The number of ether oxygens (including phenoxy) is 1. The van der Waals surface area contributed by atoms with E-state index in [2.05, 4.69) is 4.90 Å². The van der Waals surface area contributed by atoms with Crippen molar-refractivity contribution in [3.8, 4) is 5.75 Å². The van der Waals surface area contributed by atoms with E-state index in [4.69, 9.17) is 27.9 Å². The van der Waals surface area contributed by atoms with Crippen molar-refractivity contribution in [3.63, 3.8) is 0 Å². The number of halogens is 2. The summed E-state index contributed by atoms with van der Waals surface area (Å²) in [4.78, 5) is 17.0. The first-order valence-electron chi connectivity index (χ1n) is 8.79. The Balaban J connectivity index is 1.60. The molecule has 6 heteroatoms. The van der Waals surface area contributed by atoms with Gasteiger partial charge in [0.1, 0.15) is 5.75 Å². The van der Waals surface area contributed by atoms with E-state index in [0.29, 0.717) is 30.3 Å². The quantitative estimate of drug-likeness (QED) is 0.750. The second-order valence-corrected chi connectivity index (χ2v) is 7.08. The summed E-state index contributed by atoms with van der Waals surface area (Å²) in [5.41, 5.74) is 1.09. The molecule has 26 heavy (non-hydrogen) atoms. The van der Waals surface area contributed by atoms with Crippen LogP contribution in [0, 0.1) is 0 Å². The third-order valence-corrected chi connectivity index (χ3v) is 5.06. The van der Waals surface area contributed by atoms with Gasteiger partial charge < -0.3 is 14.5 Å². The fourth-order valence-electron chi connectivity index (χ4n) is 3.06. The molecule has 138 valence electrons. The summed E-state index contributed by atoms with van der Waals surface area (Å²) in [5, 5.41) is 1.24. The summed E-state index contributed by atoms with van der Waals surface area (Å²) in [5.74, 6) is 0.560. The third-order valence-electron chi connectivity index (χ3n) is 4.52. The second-order valence-electron chi connectivity index (χ2n) is 6.24. The van der Waals surface area contributed by atoms with E-state index >= 15 is 0 Å². The molecule has 1 amide bonds. The molecule has 0 aliphatic carbocycles. The molecule has 2 aromatic rings. The highest BCUT2D eigenvalue weighted by Gasteiger charge is 2.28. The predicted octanol–water partition coefficient (Wildman–Crippen LogP) is 4.50. The molecule has 0 spiro atoms. The van der Waals surface area contributed by atoms with Crippen molar-refractivity contribution < 1.29 is 9.53 Å². The van der Waals surface area contributed by atoms with E-state index in [-0.39, 0.29) is 5.91 Å². The van der Waals surface area contributed by atoms with Crippen molar-refractivity contribution in [1.82, 2.24) is 4.90 Å². The number of carbonyl (C=O) groups is 1. The average molecular weight is 393 g/mol. The minimum absolute atomic E-state index is 0.0122. The highest BCUT2D eigenvalue weighted by Crippen LogP contribution is 2.26. The van der Waals surface area contributed by atoms with Crippen molar-refractivity contribution in [3.05, 3.63) is 58.6 Å². The highest BCUT2D eigenvalue weighted by molar-refractivity contribution is 6.32. The molecule has 1 atom stereocenters. The first-order chi connectivity index (χ1) is 12.6.